The zero-order valence-corrected chi connectivity index (χ0v) is 15.4. The van der Waals surface area contributed by atoms with Crippen LogP contribution in [0.1, 0.15) is 65.2 Å². The SMILES string of the molecule is CCCCOC([O])(CCCC1=C([SiH2]F)C=CC1)OCCCC. The monoisotopic (exact) mass is 329 g/mol. The number of hydrogen-bond donors (Lipinski definition) is 0. The summed E-state index contributed by atoms with van der Waals surface area (Å²) in [5.41, 5.74) is 1.17. The van der Waals surface area contributed by atoms with Crippen LogP contribution in [0.3, 0.4) is 0 Å². The quantitative estimate of drug-likeness (QED) is 0.220. The number of hydrogen-bond acceptors (Lipinski definition) is 2. The van der Waals surface area contributed by atoms with Gasteiger partial charge < -0.3 is 13.6 Å². The van der Waals surface area contributed by atoms with E-state index in [4.69, 9.17) is 9.47 Å². The van der Waals surface area contributed by atoms with Crippen molar-refractivity contribution in [3.05, 3.63) is 22.9 Å². The van der Waals surface area contributed by atoms with Crippen LogP contribution in [0.5, 0.6) is 0 Å². The van der Waals surface area contributed by atoms with E-state index in [1.54, 1.807) is 0 Å². The molecule has 0 aliphatic heterocycles. The number of allylic oxidation sites excluding steroid dienone is 4. The molecule has 0 fully saturated rings. The van der Waals surface area contributed by atoms with Crippen molar-refractivity contribution in [2.45, 2.75) is 71.2 Å². The molecule has 0 N–H and O–H groups in total. The predicted molar refractivity (Wildman–Crippen MR) is 89.4 cm³/mol. The minimum atomic E-state index is -1.73. The van der Waals surface area contributed by atoms with E-state index in [-0.39, 0.29) is 0 Å². The fourth-order valence-corrected chi connectivity index (χ4v) is 3.21. The molecule has 127 valence electrons. The Labute approximate surface area is 136 Å². The van der Waals surface area contributed by atoms with Crippen molar-refractivity contribution in [1.29, 1.82) is 0 Å². The number of unbranched alkanes of at least 4 members (excludes halogenated alkanes) is 2. The van der Waals surface area contributed by atoms with Crippen LogP contribution in [0, 0.1) is 0 Å². The topological polar surface area (TPSA) is 38.4 Å². The highest BCUT2D eigenvalue weighted by Crippen LogP contribution is 2.27. The van der Waals surface area contributed by atoms with Gasteiger partial charge in [0.2, 0.25) is 9.85 Å². The number of ether oxygens (including phenoxy) is 2. The Morgan fingerprint density at radius 2 is 1.82 bits per heavy atom. The average molecular weight is 330 g/mol. The summed E-state index contributed by atoms with van der Waals surface area (Å²) in [6.45, 7) is 5.02. The lowest BCUT2D eigenvalue weighted by Crippen LogP contribution is -2.35. The van der Waals surface area contributed by atoms with Crippen molar-refractivity contribution < 1.29 is 18.7 Å². The first-order valence-corrected chi connectivity index (χ1v) is 9.81. The van der Waals surface area contributed by atoms with Gasteiger partial charge in [-0.05, 0) is 37.3 Å². The summed E-state index contributed by atoms with van der Waals surface area (Å²) >= 11 is 0. The van der Waals surface area contributed by atoms with Crippen LogP contribution in [-0.2, 0) is 14.6 Å². The van der Waals surface area contributed by atoms with E-state index in [2.05, 4.69) is 13.8 Å². The molecule has 3 nitrogen and oxygen atoms in total. The second-order valence-corrected chi connectivity index (χ2v) is 6.84. The van der Waals surface area contributed by atoms with Crippen LogP contribution in [-0.4, -0.2) is 29.0 Å². The van der Waals surface area contributed by atoms with Crippen LogP contribution in [0.2, 0.25) is 0 Å². The zero-order chi connectivity index (χ0) is 16.3. The summed E-state index contributed by atoms with van der Waals surface area (Å²) in [6.07, 6.45) is 10.3. The van der Waals surface area contributed by atoms with Gasteiger partial charge in [0, 0.05) is 6.42 Å². The molecule has 0 atom stereocenters. The van der Waals surface area contributed by atoms with Crippen molar-refractivity contribution in [2.75, 3.05) is 13.2 Å². The molecule has 0 unspecified atom stereocenters. The van der Waals surface area contributed by atoms with E-state index in [1.807, 2.05) is 12.2 Å². The normalized spacial score (nSPS) is 15.6. The molecule has 0 bridgehead atoms. The van der Waals surface area contributed by atoms with Crippen LogP contribution < -0.4 is 0 Å². The molecule has 0 aromatic carbocycles. The maximum atomic E-state index is 12.9. The molecular formula is C17H30FO3Si. The van der Waals surface area contributed by atoms with Crippen LogP contribution in [0.4, 0.5) is 4.11 Å². The van der Waals surface area contributed by atoms with Gasteiger partial charge in [0.05, 0.1) is 13.2 Å². The van der Waals surface area contributed by atoms with Gasteiger partial charge >= 0.3 is 5.97 Å². The Balaban J connectivity index is 2.42. The lowest BCUT2D eigenvalue weighted by atomic mass is 10.1. The van der Waals surface area contributed by atoms with Crippen LogP contribution in [0.25, 0.3) is 0 Å². The van der Waals surface area contributed by atoms with E-state index in [1.165, 1.54) is 5.57 Å². The highest BCUT2D eigenvalue weighted by Gasteiger charge is 2.31. The maximum absolute atomic E-state index is 12.9. The van der Waals surface area contributed by atoms with Gasteiger partial charge in [-0.25, -0.2) is 0 Å². The third kappa shape index (κ3) is 7.18. The molecule has 0 heterocycles. The van der Waals surface area contributed by atoms with Gasteiger partial charge in [0.25, 0.3) is 0 Å². The Morgan fingerprint density at radius 1 is 1.18 bits per heavy atom. The van der Waals surface area contributed by atoms with E-state index >= 15 is 0 Å². The van der Waals surface area contributed by atoms with Gasteiger partial charge in [0.1, 0.15) is 0 Å². The van der Waals surface area contributed by atoms with Gasteiger partial charge in [-0.15, -0.1) is 0 Å². The Kier molecular flexibility index (Phi) is 9.87. The Morgan fingerprint density at radius 3 is 2.36 bits per heavy atom. The highest BCUT2D eigenvalue weighted by atomic mass is 28.3. The summed E-state index contributed by atoms with van der Waals surface area (Å²) < 4.78 is 23.9. The van der Waals surface area contributed by atoms with Gasteiger partial charge in [-0.3, -0.25) is 0 Å². The molecule has 0 aromatic rings. The zero-order valence-electron chi connectivity index (χ0n) is 14.0. The standard InChI is InChI=1S/C17H30FO3Si/c1-3-5-13-20-17(19,21-14-6-4-2)12-8-10-15-9-7-11-16(15)22-18/h7,11H,3-6,8-10,12-14,22H2,1-2H3. The fourth-order valence-electron chi connectivity index (χ4n) is 2.44. The molecule has 0 aromatic heterocycles. The van der Waals surface area contributed by atoms with Gasteiger partial charge in [0.15, 0.2) is 0 Å². The lowest BCUT2D eigenvalue weighted by Gasteiger charge is -2.26. The van der Waals surface area contributed by atoms with Gasteiger partial charge in [-0.1, -0.05) is 44.4 Å². The Hall–Kier alpha value is -0.493. The van der Waals surface area contributed by atoms with Crippen LogP contribution >= 0.6 is 0 Å². The molecule has 0 saturated heterocycles. The average Bonchev–Trinajstić information content (AvgIpc) is 2.95. The molecule has 1 aliphatic carbocycles. The van der Waals surface area contributed by atoms with E-state index in [0.717, 1.165) is 43.7 Å². The third-order valence-electron chi connectivity index (χ3n) is 3.88. The minimum absolute atomic E-state index is 0.324. The van der Waals surface area contributed by atoms with Crippen molar-refractivity contribution in [1.82, 2.24) is 0 Å². The van der Waals surface area contributed by atoms with Crippen molar-refractivity contribution >= 4 is 9.85 Å². The molecule has 1 aliphatic rings. The first kappa shape index (κ1) is 19.6. The molecule has 0 amide bonds. The third-order valence-corrected chi connectivity index (χ3v) is 4.91. The maximum Gasteiger partial charge on any atom is 0.312 e. The summed E-state index contributed by atoms with van der Waals surface area (Å²) in [6, 6.07) is 0. The fraction of sp³-hybridized carbons (Fsp3) is 0.765. The molecule has 22 heavy (non-hydrogen) atoms. The highest BCUT2D eigenvalue weighted by molar-refractivity contribution is 6.39. The number of rotatable bonds is 13. The van der Waals surface area contributed by atoms with Crippen molar-refractivity contribution in [2.24, 2.45) is 0 Å². The van der Waals surface area contributed by atoms with Crippen molar-refractivity contribution in [3.63, 3.8) is 0 Å². The van der Waals surface area contributed by atoms with E-state index < -0.39 is 15.8 Å². The Bertz CT molecular complexity index is 359. The largest absolute Gasteiger partial charge is 0.326 e. The molecule has 5 heteroatoms. The summed E-state index contributed by atoms with van der Waals surface area (Å²) in [5.74, 6) is -1.73. The first-order valence-electron chi connectivity index (χ1n) is 8.57. The van der Waals surface area contributed by atoms with Crippen molar-refractivity contribution in [3.8, 4) is 0 Å². The molecule has 0 saturated carbocycles. The summed E-state index contributed by atoms with van der Waals surface area (Å²) in [4.78, 5) is 0. The molecule has 0 spiro atoms. The van der Waals surface area contributed by atoms with Crippen LogP contribution in [0.15, 0.2) is 22.9 Å². The van der Waals surface area contributed by atoms with Gasteiger partial charge in [-0.2, -0.15) is 5.11 Å². The molecule has 1 rings (SSSR count). The molecular weight excluding hydrogens is 299 g/mol. The first-order chi connectivity index (χ1) is 10.6. The lowest BCUT2D eigenvalue weighted by molar-refractivity contribution is -0.391. The number of halogens is 1. The molecule has 1 radical (unpaired) electrons. The predicted octanol–water partition coefficient (Wildman–Crippen LogP) is 4.14. The van der Waals surface area contributed by atoms with E-state index in [9.17, 15) is 9.21 Å². The second kappa shape index (κ2) is 11.1. The smallest absolute Gasteiger partial charge is 0.312 e. The van der Waals surface area contributed by atoms with E-state index in [0.29, 0.717) is 26.1 Å². The minimum Gasteiger partial charge on any atom is -0.326 e. The summed E-state index contributed by atoms with van der Waals surface area (Å²) in [7, 11) is -1.60. The second-order valence-electron chi connectivity index (χ2n) is 5.81. The summed E-state index contributed by atoms with van der Waals surface area (Å²) in [5, 5.41) is 13.5.